The molecule has 0 fully saturated rings. The molecule has 0 heterocycles. The van der Waals surface area contributed by atoms with Crippen LogP contribution in [0.25, 0.3) is 0 Å². The Kier molecular flexibility index (Phi) is 33.6. The Bertz CT molecular complexity index is 528. The largest absolute Gasteiger partial charge is 0.392 e. The molecular weight excluding hydrogens is 418 g/mol. The van der Waals surface area contributed by atoms with Crippen molar-refractivity contribution in [1.29, 1.82) is 0 Å². The van der Waals surface area contributed by atoms with Crippen LogP contribution >= 0.6 is 0 Å². The van der Waals surface area contributed by atoms with Gasteiger partial charge in [0.2, 0.25) is 0 Å². The highest BCUT2D eigenvalue weighted by atomic mass is 15.1. The minimum Gasteiger partial charge on any atom is -0.392 e. The van der Waals surface area contributed by atoms with E-state index < -0.39 is 0 Å². The second-order valence-electron chi connectivity index (χ2n) is 11.1. The van der Waals surface area contributed by atoms with E-state index in [2.05, 4.69) is 137 Å². The molecule has 0 spiro atoms. The summed E-state index contributed by atoms with van der Waals surface area (Å²) < 4.78 is 0. The molecule has 210 valence electrons. The Morgan fingerprint density at radius 2 is 0.941 bits per heavy atom. The van der Waals surface area contributed by atoms with Crippen molar-refractivity contribution in [2.75, 3.05) is 49.3 Å². The van der Waals surface area contributed by atoms with Crippen LogP contribution in [0.2, 0.25) is 0 Å². The first-order chi connectivity index (χ1) is 14.5. The summed E-state index contributed by atoms with van der Waals surface area (Å²) in [5.41, 5.74) is 7.10. The predicted octanol–water partition coefficient (Wildman–Crippen LogP) is 7.47. The van der Waals surface area contributed by atoms with Gasteiger partial charge in [-0.3, -0.25) is 4.99 Å². The first-order valence-corrected chi connectivity index (χ1v) is 11.9. The standard InChI is InChI=1S/C7H15N.C6H15N.C6H13N.C5H13N.C4H9N.CH4/c1-6(2)7(3)8(4)5;1-6(2,3)7(4)5;1-5(2)6(3)7-4;1-5(2,3)6-4;1-4(2)5-3;/h1-5H3;1-5H3;7H,1-4H3;6H,1-4H3;1-3H3;1H4. The fourth-order valence-electron chi connectivity index (χ4n) is 0.697. The monoisotopic (exact) mass is 488 g/mol. The minimum atomic E-state index is 0. The Labute approximate surface area is 218 Å². The number of hydrogen-bond acceptors (Lipinski definition) is 5. The van der Waals surface area contributed by atoms with Crippen LogP contribution in [0.15, 0.2) is 27.5 Å². The smallest absolute Gasteiger partial charge is 0.0276 e. The van der Waals surface area contributed by atoms with Crippen LogP contribution in [0.3, 0.4) is 0 Å². The topological polar surface area (TPSA) is 42.9 Å². The van der Waals surface area contributed by atoms with Crippen molar-refractivity contribution in [1.82, 2.24) is 20.4 Å². The van der Waals surface area contributed by atoms with Gasteiger partial charge in [0, 0.05) is 56.4 Å². The summed E-state index contributed by atoms with van der Waals surface area (Å²) in [5.74, 6) is 0. The number of nitrogens with zero attached hydrogens (tertiary/aromatic N) is 3. The van der Waals surface area contributed by atoms with Crippen LogP contribution in [-0.2, 0) is 0 Å². The molecule has 2 N–H and O–H groups in total. The van der Waals surface area contributed by atoms with E-state index in [0.29, 0.717) is 11.1 Å². The molecule has 5 nitrogen and oxygen atoms in total. The van der Waals surface area contributed by atoms with Crippen LogP contribution in [-0.4, -0.2) is 75.9 Å². The number of hydrogen-bond donors (Lipinski definition) is 2. The summed E-state index contributed by atoms with van der Waals surface area (Å²) in [6.45, 7) is 29.5. The van der Waals surface area contributed by atoms with Gasteiger partial charge < -0.3 is 20.4 Å². The molecule has 0 aromatic rings. The van der Waals surface area contributed by atoms with Crippen LogP contribution in [0, 0.1) is 0 Å². The van der Waals surface area contributed by atoms with Gasteiger partial charge in [0.25, 0.3) is 0 Å². The zero-order valence-electron chi connectivity index (χ0n) is 26.8. The maximum absolute atomic E-state index is 3.81. The Balaban J connectivity index is -0.0000000721. The maximum Gasteiger partial charge on any atom is 0.0276 e. The van der Waals surface area contributed by atoms with Gasteiger partial charge in [0.1, 0.15) is 0 Å². The number of aliphatic imine (C=N–C) groups is 1. The van der Waals surface area contributed by atoms with Crippen molar-refractivity contribution in [3.05, 3.63) is 22.5 Å². The first kappa shape index (κ1) is 46.1. The zero-order valence-corrected chi connectivity index (χ0v) is 26.8. The van der Waals surface area contributed by atoms with Gasteiger partial charge in [-0.15, -0.1) is 0 Å². The molecular formula is C29H69N5. The third-order valence-electron chi connectivity index (χ3n) is 5.06. The minimum absolute atomic E-state index is 0. The van der Waals surface area contributed by atoms with E-state index in [1.165, 1.54) is 22.5 Å². The molecule has 0 saturated heterocycles. The molecule has 0 bridgehead atoms. The Morgan fingerprint density at radius 3 is 0.941 bits per heavy atom. The van der Waals surface area contributed by atoms with E-state index in [0.717, 1.165) is 5.71 Å². The van der Waals surface area contributed by atoms with Crippen LogP contribution in [0.1, 0.15) is 104 Å². The van der Waals surface area contributed by atoms with E-state index in [1.807, 2.05) is 27.9 Å². The lowest BCUT2D eigenvalue weighted by Crippen LogP contribution is -2.34. The summed E-state index contributed by atoms with van der Waals surface area (Å²) in [5, 5.41) is 6.15. The second kappa shape index (κ2) is 24.8. The van der Waals surface area contributed by atoms with Crippen molar-refractivity contribution in [2.45, 2.75) is 115 Å². The normalized spacial score (nSPS) is 9.47. The van der Waals surface area contributed by atoms with Crippen molar-refractivity contribution in [2.24, 2.45) is 4.99 Å². The second-order valence-corrected chi connectivity index (χ2v) is 11.1. The van der Waals surface area contributed by atoms with Gasteiger partial charge in [-0.2, -0.15) is 0 Å². The maximum atomic E-state index is 3.81. The van der Waals surface area contributed by atoms with Gasteiger partial charge in [0.15, 0.2) is 0 Å². The molecule has 0 saturated carbocycles. The predicted molar refractivity (Wildman–Crippen MR) is 165 cm³/mol. The molecule has 0 rings (SSSR count). The number of nitrogens with one attached hydrogen (secondary N) is 2. The summed E-state index contributed by atoms with van der Waals surface area (Å²) >= 11 is 0. The lowest BCUT2D eigenvalue weighted by atomic mass is 10.1. The van der Waals surface area contributed by atoms with Crippen LogP contribution < -0.4 is 10.6 Å². The quantitative estimate of drug-likeness (QED) is 0.397. The molecule has 0 radical (unpaired) electrons. The average Bonchev–Trinajstić information content (AvgIpc) is 2.66. The average molecular weight is 488 g/mol. The summed E-state index contributed by atoms with van der Waals surface area (Å²) in [6.07, 6.45) is 0. The van der Waals surface area contributed by atoms with Crippen molar-refractivity contribution < 1.29 is 0 Å². The summed E-state index contributed by atoms with van der Waals surface area (Å²) in [4.78, 5) is 8.11. The molecule has 0 aromatic carbocycles. The van der Waals surface area contributed by atoms with Gasteiger partial charge in [-0.05, 0) is 118 Å². The van der Waals surface area contributed by atoms with Gasteiger partial charge in [0.05, 0.1) is 0 Å². The van der Waals surface area contributed by atoms with Crippen molar-refractivity contribution in [3.63, 3.8) is 0 Å². The third-order valence-corrected chi connectivity index (χ3v) is 5.06. The number of rotatable bonds is 2. The van der Waals surface area contributed by atoms with Crippen LogP contribution in [0.5, 0.6) is 0 Å². The highest BCUT2D eigenvalue weighted by Gasteiger charge is 2.10. The molecule has 0 aromatic heterocycles. The summed E-state index contributed by atoms with van der Waals surface area (Å²) in [6, 6.07) is 0. The molecule has 34 heavy (non-hydrogen) atoms. The Hall–Kier alpha value is -1.33. The molecule has 0 aliphatic heterocycles. The van der Waals surface area contributed by atoms with E-state index >= 15 is 0 Å². The third kappa shape index (κ3) is 48.2. The summed E-state index contributed by atoms with van der Waals surface area (Å²) in [7, 11) is 14.0. The molecule has 0 amide bonds. The Morgan fingerprint density at radius 1 is 0.676 bits per heavy atom. The highest BCUT2D eigenvalue weighted by molar-refractivity contribution is 5.78. The zero-order chi connectivity index (χ0) is 28.2. The van der Waals surface area contributed by atoms with Gasteiger partial charge in [-0.1, -0.05) is 18.6 Å². The van der Waals surface area contributed by atoms with E-state index in [9.17, 15) is 0 Å². The molecule has 0 atom stereocenters. The SMILES string of the molecule is C.CC(C)=C(C)N(C)C.CN(C)C(C)(C)C.CN=C(C)C.CNC(C)(C)C.CNC(C)=C(C)C. The highest BCUT2D eigenvalue weighted by Crippen LogP contribution is 2.05. The van der Waals surface area contributed by atoms with E-state index in [-0.39, 0.29) is 7.43 Å². The lowest BCUT2D eigenvalue weighted by molar-refractivity contribution is 0.219. The lowest BCUT2D eigenvalue weighted by Gasteiger charge is -2.27. The molecule has 0 aliphatic carbocycles. The van der Waals surface area contributed by atoms with Gasteiger partial charge in [-0.25, -0.2) is 0 Å². The fourth-order valence-corrected chi connectivity index (χ4v) is 0.697. The molecule has 0 unspecified atom stereocenters. The van der Waals surface area contributed by atoms with Crippen LogP contribution in [0.4, 0.5) is 0 Å². The van der Waals surface area contributed by atoms with Crippen molar-refractivity contribution >= 4 is 5.71 Å². The van der Waals surface area contributed by atoms with E-state index in [1.54, 1.807) is 7.05 Å². The van der Waals surface area contributed by atoms with Gasteiger partial charge >= 0.3 is 0 Å². The number of allylic oxidation sites excluding steroid dienone is 4. The molecule has 5 heteroatoms. The van der Waals surface area contributed by atoms with E-state index in [4.69, 9.17) is 0 Å². The fraction of sp³-hybridized carbons (Fsp3) is 0.828. The molecule has 0 aliphatic rings. The first-order valence-electron chi connectivity index (χ1n) is 11.9. The van der Waals surface area contributed by atoms with Crippen molar-refractivity contribution in [3.8, 4) is 0 Å².